The lowest BCUT2D eigenvalue weighted by Gasteiger charge is -2.06. The molecule has 1 N–H and O–H groups in total. The number of ether oxygens (including phenoxy) is 1. The average Bonchev–Trinajstić information content (AvgIpc) is 3.04. The third-order valence-electron chi connectivity index (χ3n) is 2.10. The van der Waals surface area contributed by atoms with Gasteiger partial charge in [0.25, 0.3) is 5.91 Å². The van der Waals surface area contributed by atoms with Crippen molar-refractivity contribution in [2.45, 2.75) is 18.9 Å². The Bertz CT molecular complexity index is 391. The van der Waals surface area contributed by atoms with Crippen LogP contribution in [0.25, 0.3) is 0 Å². The first-order valence-corrected chi connectivity index (χ1v) is 5.13. The van der Waals surface area contributed by atoms with Crippen molar-refractivity contribution in [1.82, 2.24) is 10.3 Å². The fourth-order valence-electron chi connectivity index (χ4n) is 1.12. The summed E-state index contributed by atoms with van der Waals surface area (Å²) in [4.78, 5) is 15.2. The normalized spacial score (nSPS) is 14.8. The van der Waals surface area contributed by atoms with Gasteiger partial charge in [-0.15, -0.1) is 0 Å². The van der Waals surface area contributed by atoms with Gasteiger partial charge < -0.3 is 10.1 Å². The van der Waals surface area contributed by atoms with Crippen LogP contribution < -0.4 is 10.1 Å². The van der Waals surface area contributed by atoms with Crippen molar-refractivity contribution in [1.29, 1.82) is 0 Å². The van der Waals surface area contributed by atoms with E-state index in [0.717, 1.165) is 12.8 Å². The number of nitrogens with zero attached hydrogens (tertiary/aromatic N) is 1. The van der Waals surface area contributed by atoms with E-state index in [4.69, 9.17) is 16.3 Å². The molecule has 5 heteroatoms. The number of hydrogen-bond acceptors (Lipinski definition) is 3. The van der Waals surface area contributed by atoms with E-state index < -0.39 is 0 Å². The van der Waals surface area contributed by atoms with E-state index in [1.54, 1.807) is 7.05 Å². The van der Waals surface area contributed by atoms with Gasteiger partial charge in [0.15, 0.2) is 5.75 Å². The second-order valence-electron chi connectivity index (χ2n) is 3.40. The molecule has 0 atom stereocenters. The minimum Gasteiger partial charge on any atom is -0.487 e. The van der Waals surface area contributed by atoms with E-state index in [-0.39, 0.29) is 12.0 Å². The molecule has 1 saturated carbocycles. The SMILES string of the molecule is CNC(=O)c1cc(Cl)c(OC2CC2)cn1. The Hall–Kier alpha value is -1.29. The molecule has 0 radical (unpaired) electrons. The first kappa shape index (κ1) is 10.2. The van der Waals surface area contributed by atoms with Gasteiger partial charge in [0.1, 0.15) is 5.69 Å². The van der Waals surface area contributed by atoms with Crippen LogP contribution in [0.5, 0.6) is 5.75 Å². The monoisotopic (exact) mass is 226 g/mol. The second-order valence-corrected chi connectivity index (χ2v) is 3.80. The number of rotatable bonds is 3. The van der Waals surface area contributed by atoms with Gasteiger partial charge in [0.2, 0.25) is 0 Å². The molecular formula is C10H11ClN2O2. The van der Waals surface area contributed by atoms with Gasteiger partial charge >= 0.3 is 0 Å². The Labute approximate surface area is 92.6 Å². The highest BCUT2D eigenvalue weighted by molar-refractivity contribution is 6.32. The lowest BCUT2D eigenvalue weighted by Crippen LogP contribution is -2.19. The zero-order chi connectivity index (χ0) is 10.8. The van der Waals surface area contributed by atoms with Gasteiger partial charge in [0.05, 0.1) is 17.3 Å². The molecule has 0 bridgehead atoms. The van der Waals surface area contributed by atoms with Gasteiger partial charge in [-0.2, -0.15) is 0 Å². The zero-order valence-electron chi connectivity index (χ0n) is 8.29. The smallest absolute Gasteiger partial charge is 0.269 e. The van der Waals surface area contributed by atoms with E-state index >= 15 is 0 Å². The van der Waals surface area contributed by atoms with Gasteiger partial charge in [-0.3, -0.25) is 4.79 Å². The molecule has 0 spiro atoms. The third-order valence-corrected chi connectivity index (χ3v) is 2.39. The average molecular weight is 227 g/mol. The third kappa shape index (κ3) is 2.39. The Morgan fingerprint density at radius 2 is 2.40 bits per heavy atom. The molecule has 4 nitrogen and oxygen atoms in total. The molecule has 1 amide bonds. The molecule has 15 heavy (non-hydrogen) atoms. The molecule has 1 aliphatic carbocycles. The molecule has 1 aromatic heterocycles. The standard InChI is InChI=1S/C10H11ClN2O2/c1-12-10(14)8-4-7(11)9(5-13-8)15-6-2-3-6/h4-6H,2-3H2,1H3,(H,12,14). The number of hydrogen-bond donors (Lipinski definition) is 1. The molecule has 0 saturated heterocycles. The number of pyridine rings is 1. The minimum absolute atomic E-state index is 0.255. The van der Waals surface area contributed by atoms with Crippen molar-refractivity contribution in [3.8, 4) is 5.75 Å². The molecule has 0 unspecified atom stereocenters. The van der Waals surface area contributed by atoms with Gasteiger partial charge in [-0.05, 0) is 18.9 Å². The molecule has 0 aliphatic heterocycles. The maximum absolute atomic E-state index is 11.2. The van der Waals surface area contributed by atoms with Gasteiger partial charge in [-0.25, -0.2) is 4.98 Å². The zero-order valence-corrected chi connectivity index (χ0v) is 9.04. The highest BCUT2D eigenvalue weighted by atomic mass is 35.5. The molecule has 80 valence electrons. The van der Waals surface area contributed by atoms with Crippen LogP contribution in [0.4, 0.5) is 0 Å². The van der Waals surface area contributed by atoms with E-state index in [9.17, 15) is 4.79 Å². The molecule has 0 aromatic carbocycles. The van der Waals surface area contributed by atoms with Crippen LogP contribution in [-0.2, 0) is 0 Å². The summed E-state index contributed by atoms with van der Waals surface area (Å²) < 4.78 is 5.50. The molecule has 1 fully saturated rings. The first-order valence-electron chi connectivity index (χ1n) is 4.75. The Balaban J connectivity index is 2.17. The van der Waals surface area contributed by atoms with Gasteiger partial charge in [-0.1, -0.05) is 11.6 Å². The Kier molecular flexibility index (Phi) is 2.77. The summed E-state index contributed by atoms with van der Waals surface area (Å²) in [6, 6.07) is 1.51. The highest BCUT2D eigenvalue weighted by Gasteiger charge is 2.24. The van der Waals surface area contributed by atoms with Crippen LogP contribution in [0.1, 0.15) is 23.3 Å². The molecule has 1 aliphatic rings. The molecule has 1 heterocycles. The predicted molar refractivity (Wildman–Crippen MR) is 56.3 cm³/mol. The predicted octanol–water partition coefficient (Wildman–Crippen LogP) is 1.64. The van der Waals surface area contributed by atoms with E-state index in [2.05, 4.69) is 10.3 Å². The topological polar surface area (TPSA) is 51.2 Å². The number of halogens is 1. The van der Waals surface area contributed by atoms with Crippen molar-refractivity contribution >= 4 is 17.5 Å². The largest absolute Gasteiger partial charge is 0.487 e. The summed E-state index contributed by atoms with van der Waals surface area (Å²) in [6.07, 6.45) is 3.89. The minimum atomic E-state index is -0.255. The van der Waals surface area contributed by atoms with Crippen LogP contribution in [0, 0.1) is 0 Å². The van der Waals surface area contributed by atoms with Crippen LogP contribution in [0.3, 0.4) is 0 Å². The summed E-state index contributed by atoms with van der Waals surface area (Å²) >= 11 is 5.96. The van der Waals surface area contributed by atoms with Crippen molar-refractivity contribution in [2.75, 3.05) is 7.05 Å². The maximum Gasteiger partial charge on any atom is 0.269 e. The maximum atomic E-state index is 11.2. The highest BCUT2D eigenvalue weighted by Crippen LogP contribution is 2.31. The number of carbonyl (C=O) groups excluding carboxylic acids is 1. The lowest BCUT2D eigenvalue weighted by atomic mass is 10.3. The van der Waals surface area contributed by atoms with E-state index in [1.807, 2.05) is 0 Å². The summed E-state index contributed by atoms with van der Waals surface area (Å²) in [5, 5.41) is 2.91. The number of carbonyl (C=O) groups is 1. The summed E-state index contributed by atoms with van der Waals surface area (Å²) in [7, 11) is 1.55. The second kappa shape index (κ2) is 4.06. The summed E-state index contributed by atoms with van der Waals surface area (Å²) in [5.74, 6) is 0.293. The van der Waals surface area contributed by atoms with E-state index in [1.165, 1.54) is 12.3 Å². The Morgan fingerprint density at radius 1 is 1.67 bits per heavy atom. The first-order chi connectivity index (χ1) is 7.20. The van der Waals surface area contributed by atoms with Crippen LogP contribution in [0.2, 0.25) is 5.02 Å². The van der Waals surface area contributed by atoms with Crippen LogP contribution >= 0.6 is 11.6 Å². The number of aromatic nitrogens is 1. The van der Waals surface area contributed by atoms with E-state index in [0.29, 0.717) is 16.5 Å². The molecule has 2 rings (SSSR count). The number of nitrogens with one attached hydrogen (secondary N) is 1. The Morgan fingerprint density at radius 3 is 2.93 bits per heavy atom. The van der Waals surface area contributed by atoms with Gasteiger partial charge in [0, 0.05) is 7.05 Å². The fraction of sp³-hybridized carbons (Fsp3) is 0.400. The summed E-state index contributed by atoms with van der Waals surface area (Å²) in [5.41, 5.74) is 0.297. The number of amides is 1. The van der Waals surface area contributed by atoms with Crippen molar-refractivity contribution in [3.05, 3.63) is 23.0 Å². The van der Waals surface area contributed by atoms with Crippen LogP contribution in [-0.4, -0.2) is 24.0 Å². The molecule has 1 aromatic rings. The fourth-order valence-corrected chi connectivity index (χ4v) is 1.32. The molecular weight excluding hydrogens is 216 g/mol. The summed E-state index contributed by atoms with van der Waals surface area (Å²) in [6.45, 7) is 0. The quantitative estimate of drug-likeness (QED) is 0.853. The van der Waals surface area contributed by atoms with Crippen LogP contribution in [0.15, 0.2) is 12.3 Å². The lowest BCUT2D eigenvalue weighted by molar-refractivity contribution is 0.0958. The van der Waals surface area contributed by atoms with Crippen molar-refractivity contribution in [3.63, 3.8) is 0 Å². The van der Waals surface area contributed by atoms with Crippen molar-refractivity contribution < 1.29 is 9.53 Å². The van der Waals surface area contributed by atoms with Crippen molar-refractivity contribution in [2.24, 2.45) is 0 Å².